The van der Waals surface area contributed by atoms with E-state index in [1.165, 1.54) is 5.56 Å². The van der Waals surface area contributed by atoms with Crippen LogP contribution in [0.25, 0.3) is 11.0 Å². The Morgan fingerprint density at radius 1 is 1.20 bits per heavy atom. The maximum absolute atomic E-state index is 6.24. The molecule has 0 amide bonds. The Balaban J connectivity index is 1.86. The van der Waals surface area contributed by atoms with Gasteiger partial charge in [-0.15, -0.1) is 0 Å². The van der Waals surface area contributed by atoms with Crippen molar-refractivity contribution >= 4 is 11.0 Å². The summed E-state index contributed by atoms with van der Waals surface area (Å²) in [6, 6.07) is 15.8. The second kappa shape index (κ2) is 5.35. The third-order valence-electron chi connectivity index (χ3n) is 3.36. The minimum absolute atomic E-state index is 0.143. The zero-order valence-corrected chi connectivity index (χ0v) is 11.3. The fourth-order valence-corrected chi connectivity index (χ4v) is 2.28. The molecule has 3 N–H and O–H groups in total. The zero-order chi connectivity index (χ0) is 13.9. The molecule has 0 saturated heterocycles. The van der Waals surface area contributed by atoms with E-state index in [0.717, 1.165) is 29.0 Å². The molecule has 0 aliphatic heterocycles. The summed E-state index contributed by atoms with van der Waals surface area (Å²) < 4.78 is 5.21. The summed E-state index contributed by atoms with van der Waals surface area (Å²) in [7, 11) is 1.65. The minimum Gasteiger partial charge on any atom is -0.497 e. The Hall–Kier alpha value is -2.33. The van der Waals surface area contributed by atoms with Crippen molar-refractivity contribution in [2.24, 2.45) is 5.73 Å². The van der Waals surface area contributed by atoms with Crippen LogP contribution in [0.2, 0.25) is 0 Å². The molecule has 3 rings (SSSR count). The number of fused-ring (bicyclic) bond motifs is 1. The van der Waals surface area contributed by atoms with Crippen molar-refractivity contribution in [3.8, 4) is 5.75 Å². The van der Waals surface area contributed by atoms with Crippen LogP contribution in [0.15, 0.2) is 48.5 Å². The van der Waals surface area contributed by atoms with Crippen LogP contribution >= 0.6 is 0 Å². The number of H-pyrrole nitrogens is 1. The Labute approximate surface area is 117 Å². The van der Waals surface area contributed by atoms with Gasteiger partial charge in [0.05, 0.1) is 24.2 Å². The van der Waals surface area contributed by atoms with E-state index in [1.54, 1.807) is 7.11 Å². The van der Waals surface area contributed by atoms with Crippen LogP contribution in [0.4, 0.5) is 0 Å². The Kier molecular flexibility index (Phi) is 3.39. The molecule has 0 aliphatic carbocycles. The number of nitrogens with zero attached hydrogens (tertiary/aromatic N) is 1. The molecule has 0 fully saturated rings. The maximum atomic E-state index is 6.24. The smallest absolute Gasteiger partial charge is 0.124 e. The van der Waals surface area contributed by atoms with Crippen LogP contribution in [0.5, 0.6) is 5.75 Å². The maximum Gasteiger partial charge on any atom is 0.124 e. The van der Waals surface area contributed by atoms with Gasteiger partial charge < -0.3 is 15.5 Å². The SMILES string of the molecule is COc1ccc2nc(C(N)Cc3ccccc3)[nH]c2c1. The first-order chi connectivity index (χ1) is 9.76. The number of benzene rings is 2. The van der Waals surface area contributed by atoms with Crippen LogP contribution < -0.4 is 10.5 Å². The van der Waals surface area contributed by atoms with Crippen LogP contribution in [-0.4, -0.2) is 17.1 Å². The first kappa shape index (κ1) is 12.7. The fourth-order valence-electron chi connectivity index (χ4n) is 2.28. The molecule has 0 radical (unpaired) electrons. The lowest BCUT2D eigenvalue weighted by Crippen LogP contribution is -2.14. The van der Waals surface area contributed by atoms with E-state index in [0.29, 0.717) is 0 Å². The van der Waals surface area contributed by atoms with Gasteiger partial charge >= 0.3 is 0 Å². The van der Waals surface area contributed by atoms with Gasteiger partial charge in [-0.05, 0) is 24.1 Å². The van der Waals surface area contributed by atoms with Crippen molar-refractivity contribution in [2.45, 2.75) is 12.5 Å². The molecule has 1 atom stereocenters. The first-order valence-corrected chi connectivity index (χ1v) is 6.59. The van der Waals surface area contributed by atoms with E-state index in [9.17, 15) is 0 Å². The predicted octanol–water partition coefficient (Wildman–Crippen LogP) is 2.81. The van der Waals surface area contributed by atoms with E-state index in [-0.39, 0.29) is 6.04 Å². The number of hydrogen-bond acceptors (Lipinski definition) is 3. The average Bonchev–Trinajstić information content (AvgIpc) is 2.91. The minimum atomic E-state index is -0.143. The highest BCUT2D eigenvalue weighted by Crippen LogP contribution is 2.21. The highest BCUT2D eigenvalue weighted by atomic mass is 16.5. The second-order valence-electron chi connectivity index (χ2n) is 4.80. The molecule has 1 aromatic heterocycles. The number of rotatable bonds is 4. The lowest BCUT2D eigenvalue weighted by atomic mass is 10.1. The van der Waals surface area contributed by atoms with Gasteiger partial charge in [0.2, 0.25) is 0 Å². The molecule has 0 spiro atoms. The Morgan fingerprint density at radius 3 is 2.75 bits per heavy atom. The summed E-state index contributed by atoms with van der Waals surface area (Å²) in [4.78, 5) is 7.82. The van der Waals surface area contributed by atoms with Gasteiger partial charge in [-0.3, -0.25) is 0 Å². The molecule has 4 nitrogen and oxygen atoms in total. The van der Waals surface area contributed by atoms with Crippen molar-refractivity contribution in [3.05, 3.63) is 59.9 Å². The molecule has 20 heavy (non-hydrogen) atoms. The highest BCUT2D eigenvalue weighted by molar-refractivity contribution is 5.76. The lowest BCUT2D eigenvalue weighted by Gasteiger charge is -2.08. The topological polar surface area (TPSA) is 63.9 Å². The zero-order valence-electron chi connectivity index (χ0n) is 11.3. The number of ether oxygens (including phenoxy) is 1. The summed E-state index contributed by atoms with van der Waals surface area (Å²) in [6.45, 7) is 0. The number of nitrogens with two attached hydrogens (primary N) is 1. The molecule has 1 unspecified atom stereocenters. The number of aromatic nitrogens is 2. The molecular formula is C16H17N3O. The van der Waals surface area contributed by atoms with Gasteiger partial charge in [0, 0.05) is 6.07 Å². The van der Waals surface area contributed by atoms with Gasteiger partial charge in [-0.25, -0.2) is 4.98 Å². The predicted molar refractivity (Wildman–Crippen MR) is 79.7 cm³/mol. The normalized spacial score (nSPS) is 12.5. The average molecular weight is 267 g/mol. The third-order valence-corrected chi connectivity index (χ3v) is 3.36. The van der Waals surface area contributed by atoms with Crippen molar-refractivity contribution < 1.29 is 4.74 Å². The van der Waals surface area contributed by atoms with Gasteiger partial charge in [-0.1, -0.05) is 30.3 Å². The van der Waals surface area contributed by atoms with Crippen LogP contribution in [0.1, 0.15) is 17.4 Å². The van der Waals surface area contributed by atoms with Gasteiger partial charge in [0.1, 0.15) is 11.6 Å². The van der Waals surface area contributed by atoms with Gasteiger partial charge in [0.25, 0.3) is 0 Å². The number of hydrogen-bond donors (Lipinski definition) is 2. The van der Waals surface area contributed by atoms with Crippen molar-refractivity contribution in [1.29, 1.82) is 0 Å². The molecule has 2 aromatic carbocycles. The van der Waals surface area contributed by atoms with Gasteiger partial charge in [-0.2, -0.15) is 0 Å². The third kappa shape index (κ3) is 2.51. The summed E-state index contributed by atoms with van der Waals surface area (Å²) in [5, 5.41) is 0. The largest absolute Gasteiger partial charge is 0.497 e. The summed E-state index contributed by atoms with van der Waals surface area (Å²) >= 11 is 0. The van der Waals surface area contributed by atoms with Crippen molar-refractivity contribution in [3.63, 3.8) is 0 Å². The molecule has 0 saturated carbocycles. The van der Waals surface area contributed by atoms with E-state index >= 15 is 0 Å². The standard InChI is InChI=1S/C16H17N3O/c1-20-12-7-8-14-15(10-12)19-16(18-14)13(17)9-11-5-3-2-4-6-11/h2-8,10,13H,9,17H2,1H3,(H,18,19). The molecule has 4 heteroatoms. The number of nitrogens with one attached hydrogen (secondary N) is 1. The van der Waals surface area contributed by atoms with Crippen molar-refractivity contribution in [2.75, 3.05) is 7.11 Å². The first-order valence-electron chi connectivity index (χ1n) is 6.59. The van der Waals surface area contributed by atoms with E-state index in [1.807, 2.05) is 36.4 Å². The number of methoxy groups -OCH3 is 1. The van der Waals surface area contributed by atoms with E-state index < -0.39 is 0 Å². The molecular weight excluding hydrogens is 250 g/mol. The molecule has 102 valence electrons. The van der Waals surface area contributed by atoms with Crippen LogP contribution in [0.3, 0.4) is 0 Å². The van der Waals surface area contributed by atoms with Gasteiger partial charge in [0.15, 0.2) is 0 Å². The van der Waals surface area contributed by atoms with Crippen LogP contribution in [0, 0.1) is 0 Å². The fraction of sp³-hybridized carbons (Fsp3) is 0.188. The van der Waals surface area contributed by atoms with E-state index in [4.69, 9.17) is 10.5 Å². The summed E-state index contributed by atoms with van der Waals surface area (Å²) in [6.07, 6.45) is 0.762. The Morgan fingerprint density at radius 2 is 2.00 bits per heavy atom. The molecule has 3 aromatic rings. The molecule has 1 heterocycles. The summed E-state index contributed by atoms with van der Waals surface area (Å²) in [5.74, 6) is 1.61. The highest BCUT2D eigenvalue weighted by Gasteiger charge is 2.12. The molecule has 0 bridgehead atoms. The number of aromatic amines is 1. The lowest BCUT2D eigenvalue weighted by molar-refractivity contribution is 0.415. The Bertz CT molecular complexity index is 706. The van der Waals surface area contributed by atoms with Crippen LogP contribution in [-0.2, 0) is 6.42 Å². The molecule has 0 aliphatic rings. The summed E-state index contributed by atoms with van der Waals surface area (Å²) in [5.41, 5.74) is 9.30. The van der Waals surface area contributed by atoms with Crippen molar-refractivity contribution in [1.82, 2.24) is 9.97 Å². The number of imidazole rings is 1. The second-order valence-corrected chi connectivity index (χ2v) is 4.80. The monoisotopic (exact) mass is 267 g/mol. The quantitative estimate of drug-likeness (QED) is 0.764. The van der Waals surface area contributed by atoms with E-state index in [2.05, 4.69) is 22.1 Å².